The normalized spacial score (nSPS) is 17.9. The smallest absolute Gasteiger partial charge is 0.263 e. The maximum atomic E-state index is 10.4. The van der Waals surface area contributed by atoms with Gasteiger partial charge >= 0.3 is 0 Å². The van der Waals surface area contributed by atoms with Gasteiger partial charge in [-0.05, 0) is 6.42 Å². The molecule has 0 saturated heterocycles. The SMILES string of the molecule is CCCCP(=O)(O)Br. The van der Waals surface area contributed by atoms with Crippen LogP contribution in [0.3, 0.4) is 0 Å². The first kappa shape index (κ1) is 8.67. The Morgan fingerprint density at radius 1 is 1.75 bits per heavy atom. The summed E-state index contributed by atoms with van der Waals surface area (Å²) in [7, 11) is 0. The lowest BCUT2D eigenvalue weighted by Crippen LogP contribution is -1.79. The summed E-state index contributed by atoms with van der Waals surface area (Å²) in [6.45, 7) is 1.99. The summed E-state index contributed by atoms with van der Waals surface area (Å²) in [4.78, 5) is 8.62. The van der Waals surface area contributed by atoms with Crippen LogP contribution in [-0.2, 0) is 4.57 Å². The van der Waals surface area contributed by atoms with E-state index < -0.39 is 6.07 Å². The first-order valence-corrected chi connectivity index (χ1v) is 6.44. The van der Waals surface area contributed by atoms with Crippen molar-refractivity contribution < 1.29 is 9.46 Å². The highest BCUT2D eigenvalue weighted by atomic mass is 79.9. The van der Waals surface area contributed by atoms with E-state index in [1.54, 1.807) is 0 Å². The van der Waals surface area contributed by atoms with Crippen LogP contribution >= 0.6 is 21.6 Å². The number of hydrogen-bond donors (Lipinski definition) is 1. The predicted molar refractivity (Wildman–Crippen MR) is 38.5 cm³/mol. The maximum Gasteiger partial charge on any atom is 0.263 e. The van der Waals surface area contributed by atoms with Crippen LogP contribution in [0.2, 0.25) is 0 Å². The van der Waals surface area contributed by atoms with Crippen molar-refractivity contribution in [2.75, 3.05) is 6.16 Å². The second kappa shape index (κ2) is 3.65. The Morgan fingerprint density at radius 3 is 2.38 bits per heavy atom. The molecule has 4 heteroatoms. The lowest BCUT2D eigenvalue weighted by molar-refractivity contribution is 0.496. The van der Waals surface area contributed by atoms with E-state index in [0.717, 1.165) is 12.8 Å². The van der Waals surface area contributed by atoms with E-state index in [1.807, 2.05) is 6.92 Å². The van der Waals surface area contributed by atoms with Crippen LogP contribution in [0.15, 0.2) is 0 Å². The summed E-state index contributed by atoms with van der Waals surface area (Å²) in [6.07, 6.45) is -0.690. The van der Waals surface area contributed by atoms with Crippen molar-refractivity contribution >= 4 is 21.6 Å². The molecule has 0 saturated carbocycles. The molecule has 0 amide bonds. The van der Waals surface area contributed by atoms with Crippen LogP contribution in [0.4, 0.5) is 0 Å². The van der Waals surface area contributed by atoms with E-state index in [9.17, 15) is 4.57 Å². The molecule has 0 bridgehead atoms. The molecule has 1 unspecified atom stereocenters. The zero-order valence-electron chi connectivity index (χ0n) is 4.80. The largest absolute Gasteiger partial charge is 0.337 e. The fourth-order valence-electron chi connectivity index (χ4n) is 0.353. The number of hydrogen-bond acceptors (Lipinski definition) is 1. The minimum absolute atomic E-state index is 0.392. The zero-order chi connectivity index (χ0) is 6.62. The molecule has 0 aliphatic rings. The molecule has 0 spiro atoms. The summed E-state index contributed by atoms with van der Waals surface area (Å²) < 4.78 is 10.4. The average Bonchev–Trinajstić information content (AvgIpc) is 1.59. The van der Waals surface area contributed by atoms with E-state index in [-0.39, 0.29) is 0 Å². The van der Waals surface area contributed by atoms with E-state index in [1.165, 1.54) is 0 Å². The molecule has 50 valence electrons. The fourth-order valence-corrected chi connectivity index (χ4v) is 1.81. The van der Waals surface area contributed by atoms with E-state index in [0.29, 0.717) is 6.16 Å². The molecule has 0 heterocycles. The van der Waals surface area contributed by atoms with Crippen LogP contribution in [-0.4, -0.2) is 11.1 Å². The second-order valence-electron chi connectivity index (χ2n) is 1.69. The lowest BCUT2D eigenvalue weighted by Gasteiger charge is -1.98. The number of rotatable bonds is 3. The van der Waals surface area contributed by atoms with Crippen molar-refractivity contribution in [1.29, 1.82) is 0 Å². The van der Waals surface area contributed by atoms with E-state index >= 15 is 0 Å². The van der Waals surface area contributed by atoms with Gasteiger partial charge in [-0.15, -0.1) is 0 Å². The van der Waals surface area contributed by atoms with Crippen LogP contribution < -0.4 is 0 Å². The molecular formula is C4H10BrO2P. The van der Waals surface area contributed by atoms with E-state index in [2.05, 4.69) is 15.5 Å². The van der Waals surface area contributed by atoms with Gasteiger partial charge in [0.15, 0.2) is 0 Å². The monoisotopic (exact) mass is 200 g/mol. The molecule has 0 aromatic carbocycles. The molecule has 2 nitrogen and oxygen atoms in total. The van der Waals surface area contributed by atoms with Crippen molar-refractivity contribution in [2.45, 2.75) is 19.8 Å². The lowest BCUT2D eigenvalue weighted by atomic mass is 10.4. The third-order valence-corrected chi connectivity index (χ3v) is 2.72. The Labute approximate surface area is 57.5 Å². The van der Waals surface area contributed by atoms with Gasteiger partial charge in [-0.1, -0.05) is 13.3 Å². The maximum absolute atomic E-state index is 10.4. The highest BCUT2D eigenvalue weighted by Crippen LogP contribution is 2.49. The Bertz CT molecular complexity index is 98.2. The molecular weight excluding hydrogens is 191 g/mol. The Balaban J connectivity index is 3.26. The summed E-state index contributed by atoms with van der Waals surface area (Å²) >= 11 is 2.69. The summed E-state index contributed by atoms with van der Waals surface area (Å²) in [5.41, 5.74) is 0. The van der Waals surface area contributed by atoms with Gasteiger partial charge in [-0.3, -0.25) is 4.57 Å². The van der Waals surface area contributed by atoms with E-state index in [4.69, 9.17) is 4.89 Å². The van der Waals surface area contributed by atoms with Crippen molar-refractivity contribution in [2.24, 2.45) is 0 Å². The third-order valence-electron chi connectivity index (χ3n) is 0.787. The predicted octanol–water partition coefficient (Wildman–Crippen LogP) is 2.37. The van der Waals surface area contributed by atoms with Gasteiger partial charge in [0.05, 0.1) is 0 Å². The highest BCUT2D eigenvalue weighted by molar-refractivity contribution is 9.39. The Hall–Kier alpha value is 0.670. The average molecular weight is 201 g/mol. The summed E-state index contributed by atoms with van der Waals surface area (Å²) in [6, 6.07) is 0. The number of unbranched alkanes of at least 4 members (excludes halogenated alkanes) is 1. The first-order chi connectivity index (χ1) is 3.56. The second-order valence-corrected chi connectivity index (χ2v) is 6.70. The summed E-state index contributed by atoms with van der Waals surface area (Å²) in [5, 5.41) is 0. The topological polar surface area (TPSA) is 37.3 Å². The van der Waals surface area contributed by atoms with Gasteiger partial charge in [0.25, 0.3) is 6.07 Å². The minimum Gasteiger partial charge on any atom is -0.337 e. The van der Waals surface area contributed by atoms with Crippen LogP contribution in [0.1, 0.15) is 19.8 Å². The van der Waals surface area contributed by atoms with Crippen molar-refractivity contribution in [1.82, 2.24) is 0 Å². The zero-order valence-corrected chi connectivity index (χ0v) is 7.28. The van der Waals surface area contributed by atoms with Crippen LogP contribution in [0.25, 0.3) is 0 Å². The van der Waals surface area contributed by atoms with Gasteiger partial charge in [-0.25, -0.2) is 0 Å². The van der Waals surface area contributed by atoms with Gasteiger partial charge in [0.1, 0.15) is 0 Å². The molecule has 0 aromatic heterocycles. The van der Waals surface area contributed by atoms with Crippen molar-refractivity contribution in [3.05, 3.63) is 0 Å². The van der Waals surface area contributed by atoms with Crippen LogP contribution in [0, 0.1) is 0 Å². The van der Waals surface area contributed by atoms with Gasteiger partial charge in [-0.2, -0.15) is 0 Å². The molecule has 1 N–H and O–H groups in total. The number of halogens is 1. The van der Waals surface area contributed by atoms with Crippen LogP contribution in [0.5, 0.6) is 0 Å². The standard InChI is InChI=1S/C4H10BrO2P/c1-2-3-4-8(5,6)7/h2-4H2,1H3,(H,6,7). The fraction of sp³-hybridized carbons (Fsp3) is 1.00. The van der Waals surface area contributed by atoms with Crippen molar-refractivity contribution in [3.8, 4) is 0 Å². The van der Waals surface area contributed by atoms with Gasteiger partial charge in [0.2, 0.25) is 0 Å². The van der Waals surface area contributed by atoms with Crippen molar-refractivity contribution in [3.63, 3.8) is 0 Å². The molecule has 0 fully saturated rings. The molecule has 0 aliphatic heterocycles. The molecule has 1 atom stereocenters. The Morgan fingerprint density at radius 2 is 2.25 bits per heavy atom. The molecule has 0 aliphatic carbocycles. The minimum atomic E-state index is -2.87. The van der Waals surface area contributed by atoms with Gasteiger partial charge < -0.3 is 4.89 Å². The summed E-state index contributed by atoms with van der Waals surface area (Å²) in [5.74, 6) is 0. The molecule has 0 aromatic rings. The van der Waals surface area contributed by atoms with Gasteiger partial charge in [0, 0.05) is 21.7 Å². The third kappa shape index (κ3) is 6.67. The quantitative estimate of drug-likeness (QED) is 0.711. The molecule has 8 heavy (non-hydrogen) atoms. The highest BCUT2D eigenvalue weighted by Gasteiger charge is 2.09. The molecule has 0 rings (SSSR count). The molecule has 0 radical (unpaired) electrons. The first-order valence-electron chi connectivity index (χ1n) is 2.57. The Kier molecular flexibility index (Phi) is 3.95.